The fourth-order valence-corrected chi connectivity index (χ4v) is 2.55. The lowest BCUT2D eigenvalue weighted by atomic mass is 9.87. The van der Waals surface area contributed by atoms with Gasteiger partial charge in [0.05, 0.1) is 39.6 Å². The molecule has 8 heteroatoms. The molecule has 0 aromatic carbocycles. The highest BCUT2D eigenvalue weighted by Crippen LogP contribution is 2.25. The molecule has 0 spiro atoms. The van der Waals surface area contributed by atoms with E-state index < -0.39 is 17.4 Å². The van der Waals surface area contributed by atoms with Gasteiger partial charge in [-0.25, -0.2) is 0 Å². The number of carbonyl (C=O) groups is 2. The molecule has 1 unspecified atom stereocenters. The van der Waals surface area contributed by atoms with Crippen LogP contribution in [0.2, 0.25) is 0 Å². The zero-order valence-electron chi connectivity index (χ0n) is 16.8. The van der Waals surface area contributed by atoms with Gasteiger partial charge in [0.25, 0.3) is 0 Å². The van der Waals surface area contributed by atoms with Crippen LogP contribution < -0.4 is 0 Å². The van der Waals surface area contributed by atoms with Gasteiger partial charge in [0.15, 0.2) is 11.7 Å². The molecule has 0 amide bonds. The van der Waals surface area contributed by atoms with E-state index in [1.54, 1.807) is 13.8 Å². The molecule has 0 aromatic heterocycles. The number of hydrogen-bond donors (Lipinski definition) is 0. The monoisotopic (exact) mass is 390 g/mol. The molecule has 1 aliphatic heterocycles. The first kappa shape index (κ1) is 23.8. The van der Waals surface area contributed by atoms with Crippen molar-refractivity contribution in [3.05, 3.63) is 0 Å². The minimum atomic E-state index is -1.36. The van der Waals surface area contributed by atoms with Gasteiger partial charge in [-0.3, -0.25) is 9.59 Å². The summed E-state index contributed by atoms with van der Waals surface area (Å²) in [6.45, 7) is 8.02. The Hall–Kier alpha value is -1.22. The lowest BCUT2D eigenvalue weighted by Gasteiger charge is -2.24. The lowest BCUT2D eigenvalue weighted by Crippen LogP contribution is -2.40. The van der Waals surface area contributed by atoms with Gasteiger partial charge in [-0.2, -0.15) is 0 Å². The number of ether oxygens (including phenoxy) is 6. The van der Waals surface area contributed by atoms with Crippen molar-refractivity contribution >= 4 is 11.9 Å². The van der Waals surface area contributed by atoms with Crippen molar-refractivity contribution in [2.75, 3.05) is 52.9 Å². The van der Waals surface area contributed by atoms with E-state index >= 15 is 0 Å². The van der Waals surface area contributed by atoms with Crippen molar-refractivity contribution in [3.63, 3.8) is 0 Å². The first-order valence-electron chi connectivity index (χ1n) is 9.77. The first-order valence-corrected chi connectivity index (χ1v) is 9.77. The quantitative estimate of drug-likeness (QED) is 0.253. The standard InChI is InChI=1S/C19H34O8/c1-4-24-17(20)19(3,18(21)25-5-2)9-11-22-12-13-23-14-15-27-16-8-6-7-10-26-16/h16H,4-15H2,1-3H3. The van der Waals surface area contributed by atoms with Gasteiger partial charge in [0.2, 0.25) is 0 Å². The Morgan fingerprint density at radius 3 is 2.07 bits per heavy atom. The van der Waals surface area contributed by atoms with Gasteiger partial charge in [-0.1, -0.05) is 0 Å². The van der Waals surface area contributed by atoms with E-state index in [1.165, 1.54) is 6.92 Å². The van der Waals surface area contributed by atoms with Crippen molar-refractivity contribution < 1.29 is 38.0 Å². The Labute approximate surface area is 161 Å². The Kier molecular flexibility index (Phi) is 12.2. The molecule has 0 saturated carbocycles. The number of rotatable bonds is 14. The second-order valence-electron chi connectivity index (χ2n) is 6.41. The third-order valence-corrected chi connectivity index (χ3v) is 4.24. The number of carbonyl (C=O) groups excluding carboxylic acids is 2. The van der Waals surface area contributed by atoms with Gasteiger partial charge in [0, 0.05) is 13.2 Å². The smallest absolute Gasteiger partial charge is 0.323 e. The van der Waals surface area contributed by atoms with Crippen LogP contribution in [0.4, 0.5) is 0 Å². The predicted molar refractivity (Wildman–Crippen MR) is 97.2 cm³/mol. The SMILES string of the molecule is CCOC(=O)C(C)(CCOCCOCCOC1CCCCO1)C(=O)OCC. The van der Waals surface area contributed by atoms with Crippen LogP contribution in [0.15, 0.2) is 0 Å². The second-order valence-corrected chi connectivity index (χ2v) is 6.41. The maximum Gasteiger partial charge on any atom is 0.323 e. The molecule has 0 radical (unpaired) electrons. The molecule has 1 heterocycles. The van der Waals surface area contributed by atoms with Gasteiger partial charge >= 0.3 is 11.9 Å². The molecule has 0 aliphatic carbocycles. The molecule has 1 rings (SSSR count). The van der Waals surface area contributed by atoms with E-state index in [0.717, 1.165) is 25.9 Å². The van der Waals surface area contributed by atoms with Crippen LogP contribution in [0.5, 0.6) is 0 Å². The zero-order chi connectivity index (χ0) is 20.0. The summed E-state index contributed by atoms with van der Waals surface area (Å²) in [7, 11) is 0. The molecular formula is C19H34O8. The summed E-state index contributed by atoms with van der Waals surface area (Å²) >= 11 is 0. The molecule has 8 nitrogen and oxygen atoms in total. The first-order chi connectivity index (χ1) is 13.0. The molecule has 0 bridgehead atoms. The maximum absolute atomic E-state index is 12.1. The third kappa shape index (κ3) is 9.01. The fourth-order valence-electron chi connectivity index (χ4n) is 2.55. The van der Waals surface area contributed by atoms with E-state index in [9.17, 15) is 9.59 Å². The van der Waals surface area contributed by atoms with E-state index in [-0.39, 0.29) is 32.5 Å². The highest BCUT2D eigenvalue weighted by Gasteiger charge is 2.43. The summed E-state index contributed by atoms with van der Waals surface area (Å²) in [5.74, 6) is -1.18. The summed E-state index contributed by atoms with van der Waals surface area (Å²) in [6, 6.07) is 0. The van der Waals surface area contributed by atoms with Crippen molar-refractivity contribution in [2.45, 2.75) is 52.7 Å². The maximum atomic E-state index is 12.1. The van der Waals surface area contributed by atoms with E-state index in [4.69, 9.17) is 28.4 Å². The number of hydrogen-bond acceptors (Lipinski definition) is 8. The molecular weight excluding hydrogens is 356 g/mol. The molecule has 1 fully saturated rings. The topological polar surface area (TPSA) is 89.5 Å². The summed E-state index contributed by atoms with van der Waals surface area (Å²) in [4.78, 5) is 24.2. The summed E-state index contributed by atoms with van der Waals surface area (Å²) < 4.78 is 32.0. The van der Waals surface area contributed by atoms with Crippen LogP contribution in [0.1, 0.15) is 46.5 Å². The van der Waals surface area contributed by atoms with E-state index in [1.807, 2.05) is 0 Å². The summed E-state index contributed by atoms with van der Waals surface area (Å²) in [5, 5.41) is 0. The molecule has 27 heavy (non-hydrogen) atoms. The van der Waals surface area contributed by atoms with Crippen LogP contribution >= 0.6 is 0 Å². The molecule has 158 valence electrons. The van der Waals surface area contributed by atoms with Crippen molar-refractivity contribution in [3.8, 4) is 0 Å². The average molecular weight is 390 g/mol. The van der Waals surface area contributed by atoms with Crippen LogP contribution in [-0.4, -0.2) is 71.1 Å². The Morgan fingerprint density at radius 2 is 1.52 bits per heavy atom. The minimum Gasteiger partial charge on any atom is -0.465 e. The van der Waals surface area contributed by atoms with Crippen molar-refractivity contribution in [1.82, 2.24) is 0 Å². The van der Waals surface area contributed by atoms with Crippen LogP contribution in [-0.2, 0) is 38.0 Å². The van der Waals surface area contributed by atoms with Crippen LogP contribution in [0.25, 0.3) is 0 Å². The molecule has 1 aliphatic rings. The van der Waals surface area contributed by atoms with Crippen LogP contribution in [0.3, 0.4) is 0 Å². The van der Waals surface area contributed by atoms with Gasteiger partial charge in [-0.15, -0.1) is 0 Å². The third-order valence-electron chi connectivity index (χ3n) is 4.24. The van der Waals surface area contributed by atoms with Crippen molar-refractivity contribution in [2.24, 2.45) is 5.41 Å². The van der Waals surface area contributed by atoms with Crippen molar-refractivity contribution in [1.29, 1.82) is 0 Å². The van der Waals surface area contributed by atoms with Crippen LogP contribution in [0, 0.1) is 5.41 Å². The zero-order valence-corrected chi connectivity index (χ0v) is 16.8. The normalized spacial score (nSPS) is 17.5. The van der Waals surface area contributed by atoms with Gasteiger partial charge in [0.1, 0.15) is 0 Å². The number of esters is 2. The molecule has 1 atom stereocenters. The summed E-state index contributed by atoms with van der Waals surface area (Å²) in [5.41, 5.74) is -1.36. The highest BCUT2D eigenvalue weighted by molar-refractivity contribution is 5.99. The predicted octanol–water partition coefficient (Wildman–Crippen LogP) is 2.09. The van der Waals surface area contributed by atoms with E-state index in [0.29, 0.717) is 26.4 Å². The second kappa shape index (κ2) is 13.9. The lowest BCUT2D eigenvalue weighted by molar-refractivity contribution is -0.173. The largest absolute Gasteiger partial charge is 0.465 e. The summed E-state index contributed by atoms with van der Waals surface area (Å²) in [6.07, 6.45) is 3.24. The Bertz CT molecular complexity index is 402. The Morgan fingerprint density at radius 1 is 0.926 bits per heavy atom. The fraction of sp³-hybridized carbons (Fsp3) is 0.895. The Balaban J connectivity index is 2.14. The molecule has 0 N–H and O–H groups in total. The van der Waals surface area contributed by atoms with Gasteiger partial charge in [-0.05, 0) is 46.5 Å². The minimum absolute atomic E-state index is 0.109. The highest BCUT2D eigenvalue weighted by atomic mass is 16.7. The average Bonchev–Trinajstić information content (AvgIpc) is 2.67. The van der Waals surface area contributed by atoms with Gasteiger partial charge < -0.3 is 28.4 Å². The van der Waals surface area contributed by atoms with E-state index in [2.05, 4.69) is 0 Å². The molecule has 1 saturated heterocycles. The molecule has 0 aromatic rings.